The maximum atomic E-state index is 12.2. The quantitative estimate of drug-likeness (QED) is 0.620. The lowest BCUT2D eigenvalue weighted by Gasteiger charge is -2.36. The largest absolute Gasteiger partial charge is 0.480 e. The molecule has 1 amide bonds. The highest BCUT2D eigenvalue weighted by Crippen LogP contribution is 2.50. The van der Waals surface area contributed by atoms with E-state index in [1.54, 1.807) is 6.92 Å². The standard InChI is InChI=1S/C17H19NO7S/c1-9(19)18-14(16(22)23)8-26-17(18,4)13-7-12(24-10(2)20)5-6-15(13)25-11(3)21/h5-7,14H,8H2,1-4H3,(H,22,23). The lowest BCUT2D eigenvalue weighted by atomic mass is 10.0. The molecule has 1 aliphatic heterocycles. The van der Waals surface area contributed by atoms with E-state index in [9.17, 15) is 24.3 Å². The molecule has 1 aromatic rings. The highest BCUT2D eigenvalue weighted by Gasteiger charge is 2.50. The van der Waals surface area contributed by atoms with Crippen molar-refractivity contribution in [3.63, 3.8) is 0 Å². The highest BCUT2D eigenvalue weighted by molar-refractivity contribution is 8.00. The smallest absolute Gasteiger partial charge is 0.327 e. The van der Waals surface area contributed by atoms with Gasteiger partial charge in [-0.25, -0.2) is 4.79 Å². The third kappa shape index (κ3) is 3.82. The average Bonchev–Trinajstić information content (AvgIpc) is 2.87. The molecule has 8 nitrogen and oxygen atoms in total. The number of carboxylic acids is 1. The number of esters is 2. The molecular formula is C17H19NO7S. The number of carbonyl (C=O) groups is 4. The molecule has 0 saturated carbocycles. The van der Waals surface area contributed by atoms with Gasteiger partial charge in [-0.1, -0.05) is 0 Å². The predicted molar refractivity (Wildman–Crippen MR) is 92.8 cm³/mol. The molecule has 9 heteroatoms. The Morgan fingerprint density at radius 1 is 1.15 bits per heavy atom. The van der Waals surface area contributed by atoms with Gasteiger partial charge in [0.2, 0.25) is 5.91 Å². The van der Waals surface area contributed by atoms with E-state index >= 15 is 0 Å². The van der Waals surface area contributed by atoms with E-state index in [1.807, 2.05) is 0 Å². The summed E-state index contributed by atoms with van der Waals surface area (Å²) < 4.78 is 10.3. The predicted octanol–water partition coefficient (Wildman–Crippen LogP) is 1.76. The number of amides is 1. The van der Waals surface area contributed by atoms with Crippen LogP contribution in [0.4, 0.5) is 0 Å². The van der Waals surface area contributed by atoms with Gasteiger partial charge < -0.3 is 19.5 Å². The Kier molecular flexibility index (Phi) is 5.60. The number of hydrogen-bond acceptors (Lipinski definition) is 7. The highest BCUT2D eigenvalue weighted by atomic mass is 32.2. The van der Waals surface area contributed by atoms with Gasteiger partial charge in [0.1, 0.15) is 22.4 Å². The molecule has 1 heterocycles. The summed E-state index contributed by atoms with van der Waals surface area (Å²) in [4.78, 5) is 46.6. The fourth-order valence-electron chi connectivity index (χ4n) is 2.94. The van der Waals surface area contributed by atoms with E-state index in [-0.39, 0.29) is 17.3 Å². The molecule has 0 bridgehead atoms. The Hall–Kier alpha value is -2.55. The van der Waals surface area contributed by atoms with E-state index in [4.69, 9.17) is 9.47 Å². The number of carbonyl (C=O) groups excluding carboxylic acids is 3. The van der Waals surface area contributed by atoms with E-state index in [1.165, 1.54) is 55.6 Å². The normalized spacial score (nSPS) is 22.0. The SMILES string of the molecule is CC(=O)Oc1ccc(OC(C)=O)c(C2(C)SCC(C(=O)O)N2C(C)=O)c1. The molecule has 0 aromatic heterocycles. The number of thioether (sulfide) groups is 1. The third-order valence-corrected chi connectivity index (χ3v) is 5.35. The summed E-state index contributed by atoms with van der Waals surface area (Å²) in [6, 6.07) is 3.36. The molecule has 0 radical (unpaired) electrons. The van der Waals surface area contributed by atoms with Gasteiger partial charge in [-0.05, 0) is 25.1 Å². The van der Waals surface area contributed by atoms with Crippen molar-refractivity contribution in [3.05, 3.63) is 23.8 Å². The van der Waals surface area contributed by atoms with Crippen LogP contribution in [0, 0.1) is 0 Å². The van der Waals surface area contributed by atoms with Gasteiger partial charge in [0.05, 0.1) is 0 Å². The summed E-state index contributed by atoms with van der Waals surface area (Å²) in [6.45, 7) is 5.42. The van der Waals surface area contributed by atoms with Gasteiger partial charge in [-0.2, -0.15) is 0 Å². The van der Waals surface area contributed by atoms with Crippen molar-refractivity contribution in [1.29, 1.82) is 0 Å². The lowest BCUT2D eigenvalue weighted by molar-refractivity contribution is -0.150. The summed E-state index contributed by atoms with van der Waals surface area (Å²) >= 11 is 1.23. The van der Waals surface area contributed by atoms with E-state index < -0.39 is 34.7 Å². The van der Waals surface area contributed by atoms with E-state index in [2.05, 4.69) is 0 Å². The lowest BCUT2D eigenvalue weighted by Crippen LogP contribution is -2.48. The van der Waals surface area contributed by atoms with Crippen molar-refractivity contribution in [3.8, 4) is 11.5 Å². The van der Waals surface area contributed by atoms with Crippen molar-refractivity contribution < 1.29 is 33.8 Å². The van der Waals surface area contributed by atoms with Crippen LogP contribution in [0.15, 0.2) is 18.2 Å². The first-order valence-corrected chi connectivity index (χ1v) is 8.73. The van der Waals surface area contributed by atoms with Gasteiger partial charge in [-0.15, -0.1) is 11.8 Å². The maximum Gasteiger partial charge on any atom is 0.327 e. The molecule has 1 N–H and O–H groups in total. The van der Waals surface area contributed by atoms with Crippen LogP contribution < -0.4 is 9.47 Å². The van der Waals surface area contributed by atoms with Crippen LogP contribution in [-0.2, 0) is 24.0 Å². The van der Waals surface area contributed by atoms with Crippen molar-refractivity contribution in [2.45, 2.75) is 38.6 Å². The second-order valence-electron chi connectivity index (χ2n) is 5.88. The van der Waals surface area contributed by atoms with Gasteiger partial charge in [0.15, 0.2) is 0 Å². The molecule has 26 heavy (non-hydrogen) atoms. The number of aliphatic carboxylic acids is 1. The summed E-state index contributed by atoms with van der Waals surface area (Å²) in [7, 11) is 0. The zero-order valence-electron chi connectivity index (χ0n) is 14.8. The molecule has 1 fully saturated rings. The average molecular weight is 381 g/mol. The summed E-state index contributed by atoms with van der Waals surface area (Å²) in [5, 5.41) is 9.44. The minimum absolute atomic E-state index is 0.167. The van der Waals surface area contributed by atoms with Crippen LogP contribution in [0.25, 0.3) is 0 Å². The molecule has 1 aromatic carbocycles. The van der Waals surface area contributed by atoms with Crippen molar-refractivity contribution in [2.24, 2.45) is 0 Å². The van der Waals surface area contributed by atoms with Crippen LogP contribution in [0.5, 0.6) is 11.5 Å². The molecule has 2 rings (SSSR count). The summed E-state index contributed by atoms with van der Waals surface area (Å²) in [5.41, 5.74) is 0.371. The number of hydrogen-bond donors (Lipinski definition) is 1. The number of benzene rings is 1. The van der Waals surface area contributed by atoms with Gasteiger partial charge in [0, 0.05) is 32.1 Å². The molecule has 1 saturated heterocycles. The van der Waals surface area contributed by atoms with E-state index in [0.29, 0.717) is 5.56 Å². The first-order chi connectivity index (χ1) is 12.1. The zero-order valence-corrected chi connectivity index (χ0v) is 15.6. The van der Waals surface area contributed by atoms with Gasteiger partial charge in [0.25, 0.3) is 0 Å². The van der Waals surface area contributed by atoms with Gasteiger partial charge >= 0.3 is 17.9 Å². The Bertz CT molecular complexity index is 778. The van der Waals surface area contributed by atoms with Crippen LogP contribution >= 0.6 is 11.8 Å². The molecule has 1 aliphatic rings. The van der Waals surface area contributed by atoms with Crippen LogP contribution in [-0.4, -0.2) is 45.6 Å². The van der Waals surface area contributed by atoms with Crippen molar-refractivity contribution in [2.75, 3.05) is 5.75 Å². The molecule has 0 aliphatic carbocycles. The fraction of sp³-hybridized carbons (Fsp3) is 0.412. The Labute approximate surface area is 154 Å². The second-order valence-corrected chi connectivity index (χ2v) is 7.30. The summed E-state index contributed by atoms with van der Waals surface area (Å²) in [6.07, 6.45) is 0. The molecular weight excluding hydrogens is 362 g/mol. The van der Waals surface area contributed by atoms with Crippen LogP contribution in [0.1, 0.15) is 33.3 Å². The van der Waals surface area contributed by atoms with Gasteiger partial charge in [-0.3, -0.25) is 14.4 Å². The number of carboxylic acid groups (broad SMARTS) is 1. The van der Waals surface area contributed by atoms with E-state index in [0.717, 1.165) is 0 Å². The Morgan fingerprint density at radius 2 is 1.77 bits per heavy atom. The van der Waals surface area contributed by atoms with Crippen molar-refractivity contribution in [1.82, 2.24) is 4.90 Å². The molecule has 0 spiro atoms. The number of ether oxygens (including phenoxy) is 2. The van der Waals surface area contributed by atoms with Crippen molar-refractivity contribution >= 4 is 35.6 Å². The molecule has 2 atom stereocenters. The third-order valence-electron chi connectivity index (χ3n) is 3.88. The fourth-order valence-corrected chi connectivity index (χ4v) is 4.42. The first-order valence-electron chi connectivity index (χ1n) is 7.74. The Balaban J connectivity index is 2.61. The number of nitrogens with zero attached hydrogens (tertiary/aromatic N) is 1. The summed E-state index contributed by atoms with van der Waals surface area (Å²) in [5.74, 6) is -2.12. The molecule has 2 unspecified atom stereocenters. The maximum absolute atomic E-state index is 12.2. The minimum Gasteiger partial charge on any atom is -0.480 e. The topological polar surface area (TPSA) is 110 Å². The van der Waals surface area contributed by atoms with Crippen LogP contribution in [0.2, 0.25) is 0 Å². The number of rotatable bonds is 4. The monoisotopic (exact) mass is 381 g/mol. The first kappa shape index (κ1) is 19.8. The van der Waals surface area contributed by atoms with Crippen LogP contribution in [0.3, 0.4) is 0 Å². The second kappa shape index (κ2) is 7.36. The Morgan fingerprint density at radius 3 is 2.27 bits per heavy atom. The minimum atomic E-state index is -1.12. The zero-order chi connectivity index (χ0) is 19.6. The molecule has 140 valence electrons.